The van der Waals surface area contributed by atoms with E-state index in [-0.39, 0.29) is 12.2 Å². The van der Waals surface area contributed by atoms with Crippen molar-refractivity contribution in [3.63, 3.8) is 0 Å². The lowest BCUT2D eigenvalue weighted by Crippen LogP contribution is -2.49. The van der Waals surface area contributed by atoms with Crippen molar-refractivity contribution in [1.82, 2.24) is 15.1 Å². The topological polar surface area (TPSA) is 49.3 Å². The molecule has 0 amide bonds. The minimum atomic E-state index is 0.202. The van der Waals surface area contributed by atoms with Gasteiger partial charge in [0.05, 0.1) is 6.10 Å². The van der Waals surface area contributed by atoms with E-state index in [1.165, 1.54) is 0 Å². The highest BCUT2D eigenvalue weighted by atomic mass is 16.5. The summed E-state index contributed by atoms with van der Waals surface area (Å²) in [4.78, 5) is 8.98. The highest BCUT2D eigenvalue weighted by Gasteiger charge is 2.23. The van der Waals surface area contributed by atoms with Gasteiger partial charge in [-0.3, -0.25) is 4.99 Å². The van der Waals surface area contributed by atoms with Gasteiger partial charge in [-0.25, -0.2) is 0 Å². The summed E-state index contributed by atoms with van der Waals surface area (Å²) < 4.78 is 12.0. The number of benzene rings is 1. The number of nitrogens with zero attached hydrogens (tertiary/aromatic N) is 3. The molecule has 27 heavy (non-hydrogen) atoms. The molecule has 1 N–H and O–H groups in total. The molecule has 1 saturated heterocycles. The Morgan fingerprint density at radius 3 is 2.56 bits per heavy atom. The van der Waals surface area contributed by atoms with Gasteiger partial charge >= 0.3 is 0 Å². The number of rotatable bonds is 9. The van der Waals surface area contributed by atoms with Gasteiger partial charge in [0.15, 0.2) is 5.96 Å². The van der Waals surface area contributed by atoms with Crippen molar-refractivity contribution in [3.05, 3.63) is 30.3 Å². The molecule has 0 spiro atoms. The second-order valence-electron chi connectivity index (χ2n) is 7.21. The van der Waals surface area contributed by atoms with Gasteiger partial charge < -0.3 is 24.6 Å². The van der Waals surface area contributed by atoms with Crippen LogP contribution in [0.25, 0.3) is 0 Å². The van der Waals surface area contributed by atoms with Gasteiger partial charge in [0, 0.05) is 52.7 Å². The molecule has 1 aliphatic rings. The van der Waals surface area contributed by atoms with Gasteiger partial charge in [-0.15, -0.1) is 0 Å². The zero-order valence-corrected chi connectivity index (χ0v) is 17.4. The second-order valence-corrected chi connectivity index (χ2v) is 7.21. The number of aliphatic imine (C=N–C) groups is 1. The summed E-state index contributed by atoms with van der Waals surface area (Å²) in [6, 6.07) is 10.1. The molecule has 1 heterocycles. The van der Waals surface area contributed by atoms with Crippen molar-refractivity contribution in [3.8, 4) is 5.75 Å². The highest BCUT2D eigenvalue weighted by molar-refractivity contribution is 5.80. The molecule has 2 rings (SSSR count). The molecule has 1 aliphatic heterocycles. The lowest BCUT2D eigenvalue weighted by Gasteiger charge is -2.34. The first kappa shape index (κ1) is 21.5. The normalized spacial score (nSPS) is 17.2. The molecule has 0 bridgehead atoms. The number of para-hydroxylation sites is 1. The fourth-order valence-electron chi connectivity index (χ4n) is 3.30. The van der Waals surface area contributed by atoms with E-state index in [4.69, 9.17) is 9.47 Å². The van der Waals surface area contributed by atoms with Crippen molar-refractivity contribution in [2.24, 2.45) is 4.99 Å². The van der Waals surface area contributed by atoms with E-state index < -0.39 is 0 Å². The highest BCUT2D eigenvalue weighted by Crippen LogP contribution is 2.18. The lowest BCUT2D eigenvalue weighted by molar-refractivity contribution is 0.0539. The molecule has 6 heteroatoms. The Balaban J connectivity index is 1.77. The van der Waals surface area contributed by atoms with Crippen LogP contribution < -0.4 is 10.1 Å². The smallest absolute Gasteiger partial charge is 0.193 e. The Labute approximate surface area is 164 Å². The number of guanidine groups is 1. The van der Waals surface area contributed by atoms with Crippen LogP contribution in [-0.2, 0) is 4.74 Å². The Hall–Kier alpha value is -1.79. The third-order valence-electron chi connectivity index (χ3n) is 4.79. The van der Waals surface area contributed by atoms with Crippen molar-refractivity contribution in [2.75, 3.05) is 53.9 Å². The van der Waals surface area contributed by atoms with E-state index in [9.17, 15) is 0 Å². The van der Waals surface area contributed by atoms with Gasteiger partial charge in [-0.1, -0.05) is 18.2 Å². The first-order chi connectivity index (χ1) is 13.1. The maximum absolute atomic E-state index is 6.09. The predicted molar refractivity (Wildman–Crippen MR) is 112 cm³/mol. The average Bonchev–Trinajstić information content (AvgIpc) is 2.68. The first-order valence-corrected chi connectivity index (χ1v) is 10.1. The fourth-order valence-corrected chi connectivity index (χ4v) is 3.30. The third kappa shape index (κ3) is 7.77. The molecule has 1 aromatic rings. The molecule has 1 aromatic carbocycles. The van der Waals surface area contributed by atoms with E-state index in [1.54, 1.807) is 0 Å². The molecule has 1 fully saturated rings. The number of piperidine rings is 1. The van der Waals surface area contributed by atoms with Gasteiger partial charge in [0.25, 0.3) is 0 Å². The Kier molecular flexibility index (Phi) is 9.42. The third-order valence-corrected chi connectivity index (χ3v) is 4.79. The molecule has 1 atom stereocenters. The largest absolute Gasteiger partial charge is 0.490 e. The van der Waals surface area contributed by atoms with Gasteiger partial charge in [-0.2, -0.15) is 0 Å². The summed E-state index contributed by atoms with van der Waals surface area (Å²) in [6.45, 7) is 6.50. The van der Waals surface area contributed by atoms with Crippen LogP contribution in [0.1, 0.15) is 26.2 Å². The van der Waals surface area contributed by atoms with Gasteiger partial charge in [-0.05, 0) is 39.6 Å². The predicted octanol–water partition coefficient (Wildman–Crippen LogP) is 2.46. The number of nitrogens with one attached hydrogen (secondary N) is 1. The Morgan fingerprint density at radius 1 is 1.26 bits per heavy atom. The molecule has 0 aliphatic carbocycles. The van der Waals surface area contributed by atoms with Crippen LogP contribution in [0.2, 0.25) is 0 Å². The van der Waals surface area contributed by atoms with Crippen LogP contribution in [0.4, 0.5) is 0 Å². The number of ether oxygens (including phenoxy) is 2. The van der Waals surface area contributed by atoms with Crippen molar-refractivity contribution < 1.29 is 9.47 Å². The maximum Gasteiger partial charge on any atom is 0.193 e. The molecule has 0 radical (unpaired) electrons. The van der Waals surface area contributed by atoms with E-state index >= 15 is 0 Å². The number of hydrogen-bond donors (Lipinski definition) is 1. The molecule has 1 unspecified atom stereocenters. The molecule has 0 aromatic heterocycles. The fraction of sp³-hybridized carbons (Fsp3) is 0.667. The van der Waals surface area contributed by atoms with Crippen LogP contribution in [0.5, 0.6) is 5.75 Å². The molecule has 6 nitrogen and oxygen atoms in total. The number of hydrogen-bond acceptors (Lipinski definition) is 4. The minimum absolute atomic E-state index is 0.202. The summed E-state index contributed by atoms with van der Waals surface area (Å²) in [5.41, 5.74) is 0. The monoisotopic (exact) mass is 376 g/mol. The van der Waals surface area contributed by atoms with Crippen molar-refractivity contribution in [1.29, 1.82) is 0 Å². The summed E-state index contributed by atoms with van der Waals surface area (Å²) in [5.74, 6) is 1.92. The zero-order valence-electron chi connectivity index (χ0n) is 17.4. The molecule has 152 valence electrons. The average molecular weight is 377 g/mol. The van der Waals surface area contributed by atoms with Crippen LogP contribution in [0.15, 0.2) is 35.3 Å². The van der Waals surface area contributed by atoms with Crippen molar-refractivity contribution in [2.45, 2.75) is 38.4 Å². The Bertz CT molecular complexity index is 542. The molecule has 0 saturated carbocycles. The first-order valence-electron chi connectivity index (χ1n) is 10.1. The van der Waals surface area contributed by atoms with E-state index in [2.05, 4.69) is 41.1 Å². The minimum Gasteiger partial charge on any atom is -0.490 e. The van der Waals surface area contributed by atoms with Crippen LogP contribution in [0.3, 0.4) is 0 Å². The molecular weight excluding hydrogens is 340 g/mol. The summed E-state index contributed by atoms with van der Waals surface area (Å²) in [5, 5.41) is 3.50. The second kappa shape index (κ2) is 11.8. The zero-order chi connectivity index (χ0) is 19.5. The van der Waals surface area contributed by atoms with Gasteiger partial charge in [0.1, 0.15) is 11.9 Å². The van der Waals surface area contributed by atoms with E-state index in [0.29, 0.717) is 0 Å². The van der Waals surface area contributed by atoms with Crippen LogP contribution >= 0.6 is 0 Å². The Morgan fingerprint density at radius 2 is 1.96 bits per heavy atom. The van der Waals surface area contributed by atoms with Gasteiger partial charge in [0.2, 0.25) is 0 Å². The van der Waals surface area contributed by atoms with Crippen LogP contribution in [-0.4, -0.2) is 81.9 Å². The van der Waals surface area contributed by atoms with Crippen molar-refractivity contribution >= 4 is 5.96 Å². The molecular formula is C21H36N4O2. The summed E-state index contributed by atoms with van der Waals surface area (Å²) in [7, 11) is 6.04. The van der Waals surface area contributed by atoms with Crippen LogP contribution in [0, 0.1) is 0 Å². The quantitative estimate of drug-likeness (QED) is 0.530. The summed E-state index contributed by atoms with van der Waals surface area (Å²) >= 11 is 0. The SMILES string of the molecule is CCOC(CCN(C)C)CNC(=NC)N1CCC(Oc2ccccc2)CC1. The van der Waals surface area contributed by atoms with E-state index in [1.807, 2.05) is 37.4 Å². The summed E-state index contributed by atoms with van der Waals surface area (Å²) in [6.07, 6.45) is 3.50. The maximum atomic E-state index is 6.09. The number of likely N-dealkylation sites (tertiary alicyclic amines) is 1. The standard InChI is InChI=1S/C21H36N4O2/c1-5-26-20(11-14-24(3)4)17-23-21(22-2)25-15-12-19(13-16-25)27-18-9-7-6-8-10-18/h6-10,19-20H,5,11-17H2,1-4H3,(H,22,23). The van der Waals surface area contributed by atoms with E-state index in [0.717, 1.165) is 63.8 Å². The lowest BCUT2D eigenvalue weighted by atomic mass is 10.1.